The van der Waals surface area contributed by atoms with E-state index in [0.29, 0.717) is 18.0 Å². The predicted octanol–water partition coefficient (Wildman–Crippen LogP) is 2.98. The average molecular weight is 455 g/mol. The lowest BCUT2D eigenvalue weighted by Crippen LogP contribution is -2.32. The van der Waals surface area contributed by atoms with Gasteiger partial charge in [-0.25, -0.2) is 23.1 Å². The number of sulfonamides is 1. The van der Waals surface area contributed by atoms with Crippen LogP contribution in [-0.2, 0) is 14.8 Å². The van der Waals surface area contributed by atoms with Gasteiger partial charge in [0, 0.05) is 36.8 Å². The van der Waals surface area contributed by atoms with Crippen LogP contribution < -0.4 is 14.8 Å². The normalized spacial score (nSPS) is 15.9. The van der Waals surface area contributed by atoms with Gasteiger partial charge in [0.05, 0.1) is 11.0 Å². The van der Waals surface area contributed by atoms with Gasteiger partial charge in [0.2, 0.25) is 10.0 Å². The van der Waals surface area contributed by atoms with Crippen molar-refractivity contribution in [3.05, 3.63) is 72.6 Å². The minimum Gasteiger partial charge on any atom is -0.424 e. The Morgan fingerprint density at radius 3 is 2.59 bits per heavy atom. The van der Waals surface area contributed by atoms with Crippen LogP contribution in [0.2, 0.25) is 0 Å². The quantitative estimate of drug-likeness (QED) is 0.537. The Kier molecular flexibility index (Phi) is 6.74. The molecule has 1 atom stereocenters. The van der Waals surface area contributed by atoms with Crippen LogP contribution >= 0.6 is 0 Å². The number of amides is 1. The summed E-state index contributed by atoms with van der Waals surface area (Å²) < 4.78 is 38.7. The van der Waals surface area contributed by atoms with E-state index in [0.717, 1.165) is 12.8 Å². The molecule has 2 aromatic carbocycles. The second kappa shape index (κ2) is 9.86. The van der Waals surface area contributed by atoms with Crippen molar-refractivity contribution in [2.45, 2.75) is 23.8 Å². The molecule has 0 saturated carbocycles. The third kappa shape index (κ3) is 5.67. The molecular weight excluding hydrogens is 432 g/mol. The molecule has 3 aromatic rings. The molecule has 166 valence electrons. The summed E-state index contributed by atoms with van der Waals surface area (Å²) in [5.74, 6) is 0.0841. The molecule has 0 spiro atoms. The lowest BCUT2D eigenvalue weighted by Gasteiger charge is -2.12. The van der Waals surface area contributed by atoms with Gasteiger partial charge >= 0.3 is 6.01 Å². The first-order valence-electron chi connectivity index (χ1n) is 10.1. The van der Waals surface area contributed by atoms with Gasteiger partial charge in [0.25, 0.3) is 5.91 Å². The Hall–Kier alpha value is -3.34. The molecule has 2 heterocycles. The third-order valence-electron chi connectivity index (χ3n) is 4.79. The van der Waals surface area contributed by atoms with E-state index in [1.165, 1.54) is 18.2 Å². The van der Waals surface area contributed by atoms with E-state index in [1.54, 1.807) is 48.8 Å². The molecule has 1 aliphatic rings. The van der Waals surface area contributed by atoms with Gasteiger partial charge in [0.1, 0.15) is 5.75 Å². The lowest BCUT2D eigenvalue weighted by molar-refractivity contribution is 0.102. The minimum absolute atomic E-state index is 0.0229. The van der Waals surface area contributed by atoms with Crippen molar-refractivity contribution in [1.82, 2.24) is 14.7 Å². The zero-order valence-electron chi connectivity index (χ0n) is 17.1. The molecule has 4 rings (SSSR count). The van der Waals surface area contributed by atoms with Crippen LogP contribution in [0.4, 0.5) is 5.69 Å². The van der Waals surface area contributed by atoms with Crippen LogP contribution in [0.25, 0.3) is 0 Å². The maximum atomic E-state index is 12.6. The summed E-state index contributed by atoms with van der Waals surface area (Å²) in [6.45, 7) is 0.858. The highest BCUT2D eigenvalue weighted by Gasteiger charge is 2.21. The average Bonchev–Trinajstić information content (AvgIpc) is 3.34. The van der Waals surface area contributed by atoms with Crippen LogP contribution in [0.15, 0.2) is 71.9 Å². The van der Waals surface area contributed by atoms with E-state index in [-0.39, 0.29) is 29.1 Å². The first-order chi connectivity index (χ1) is 15.5. The van der Waals surface area contributed by atoms with Crippen molar-refractivity contribution in [3.8, 4) is 11.8 Å². The summed E-state index contributed by atoms with van der Waals surface area (Å²) in [6, 6.07) is 14.5. The highest BCUT2D eigenvalue weighted by molar-refractivity contribution is 7.89. The second-order valence-corrected chi connectivity index (χ2v) is 8.89. The van der Waals surface area contributed by atoms with E-state index in [2.05, 4.69) is 20.0 Å². The molecule has 2 N–H and O–H groups in total. The Morgan fingerprint density at radius 1 is 1.09 bits per heavy atom. The van der Waals surface area contributed by atoms with E-state index in [4.69, 9.17) is 9.47 Å². The number of anilines is 1. The first kappa shape index (κ1) is 21.9. The fraction of sp³-hybridized carbons (Fsp3) is 0.227. The molecule has 1 aliphatic heterocycles. The Morgan fingerprint density at radius 2 is 1.88 bits per heavy atom. The predicted molar refractivity (Wildman–Crippen MR) is 117 cm³/mol. The number of carbonyl (C=O) groups excluding carboxylic acids is 1. The number of benzene rings is 2. The Bertz CT molecular complexity index is 1160. The van der Waals surface area contributed by atoms with Gasteiger partial charge in [-0.3, -0.25) is 4.79 Å². The SMILES string of the molecule is O=C(Nc1ccc(Oc2ncccn2)cc1)c1cccc(S(=O)(=O)NCC2CCCO2)c1. The number of ether oxygens (including phenoxy) is 2. The number of nitrogens with zero attached hydrogens (tertiary/aromatic N) is 2. The zero-order chi connectivity index (χ0) is 22.4. The van der Waals surface area contributed by atoms with Crippen LogP contribution in [0.1, 0.15) is 23.2 Å². The standard InChI is InChI=1S/C22H22N4O5S/c27-21(26-17-7-9-18(10-8-17)31-22-23-11-3-12-24-22)16-4-1-6-20(14-16)32(28,29)25-15-19-5-2-13-30-19/h1,3-4,6-12,14,19,25H,2,5,13,15H2,(H,26,27). The molecule has 0 radical (unpaired) electrons. The van der Waals surface area contributed by atoms with Crippen LogP contribution in [0, 0.1) is 0 Å². The van der Waals surface area contributed by atoms with Crippen molar-refractivity contribution in [2.24, 2.45) is 0 Å². The maximum Gasteiger partial charge on any atom is 0.321 e. The molecule has 1 amide bonds. The van der Waals surface area contributed by atoms with E-state index < -0.39 is 15.9 Å². The van der Waals surface area contributed by atoms with Gasteiger partial charge < -0.3 is 14.8 Å². The minimum atomic E-state index is -3.75. The number of nitrogens with one attached hydrogen (secondary N) is 2. The lowest BCUT2D eigenvalue weighted by atomic mass is 10.2. The third-order valence-corrected chi connectivity index (χ3v) is 6.22. The topological polar surface area (TPSA) is 120 Å². The van der Waals surface area contributed by atoms with E-state index in [9.17, 15) is 13.2 Å². The molecule has 1 saturated heterocycles. The van der Waals surface area contributed by atoms with Gasteiger partial charge in [0.15, 0.2) is 0 Å². The summed E-state index contributed by atoms with van der Waals surface area (Å²) >= 11 is 0. The number of carbonyl (C=O) groups is 1. The second-order valence-electron chi connectivity index (χ2n) is 7.13. The number of hydrogen-bond donors (Lipinski definition) is 2. The molecular formula is C22H22N4O5S. The van der Waals surface area contributed by atoms with Crippen LogP contribution in [0.3, 0.4) is 0 Å². The van der Waals surface area contributed by atoms with Crippen LogP contribution in [-0.4, -0.2) is 43.5 Å². The number of rotatable bonds is 8. The summed E-state index contributed by atoms with van der Waals surface area (Å²) in [7, 11) is -3.75. The van der Waals surface area contributed by atoms with Gasteiger partial charge in [-0.2, -0.15) is 0 Å². The fourth-order valence-electron chi connectivity index (χ4n) is 3.15. The van der Waals surface area contributed by atoms with Crippen molar-refractivity contribution in [3.63, 3.8) is 0 Å². The fourth-order valence-corrected chi connectivity index (χ4v) is 4.26. The maximum absolute atomic E-state index is 12.6. The van der Waals surface area contributed by atoms with Crippen molar-refractivity contribution in [1.29, 1.82) is 0 Å². The molecule has 10 heteroatoms. The Labute approximate surface area is 185 Å². The van der Waals surface area contributed by atoms with Gasteiger partial charge in [-0.15, -0.1) is 0 Å². The van der Waals surface area contributed by atoms with Crippen LogP contribution in [0.5, 0.6) is 11.8 Å². The molecule has 0 aliphatic carbocycles. The highest BCUT2D eigenvalue weighted by Crippen LogP contribution is 2.21. The van der Waals surface area contributed by atoms with Gasteiger partial charge in [-0.1, -0.05) is 6.07 Å². The molecule has 0 bridgehead atoms. The number of hydrogen-bond acceptors (Lipinski definition) is 7. The summed E-state index contributed by atoms with van der Waals surface area (Å²) in [4.78, 5) is 20.6. The summed E-state index contributed by atoms with van der Waals surface area (Å²) in [6.07, 6.45) is 4.78. The van der Waals surface area contributed by atoms with E-state index >= 15 is 0 Å². The number of aromatic nitrogens is 2. The highest BCUT2D eigenvalue weighted by atomic mass is 32.2. The molecule has 1 aromatic heterocycles. The largest absolute Gasteiger partial charge is 0.424 e. The monoisotopic (exact) mass is 454 g/mol. The summed E-state index contributed by atoms with van der Waals surface area (Å²) in [5.41, 5.74) is 0.754. The summed E-state index contributed by atoms with van der Waals surface area (Å²) in [5, 5.41) is 2.74. The zero-order valence-corrected chi connectivity index (χ0v) is 17.9. The first-order valence-corrected chi connectivity index (χ1v) is 11.6. The van der Waals surface area contributed by atoms with Crippen molar-refractivity contribution < 1.29 is 22.7 Å². The molecule has 1 unspecified atom stereocenters. The van der Waals surface area contributed by atoms with Crippen molar-refractivity contribution in [2.75, 3.05) is 18.5 Å². The molecule has 9 nitrogen and oxygen atoms in total. The Balaban J connectivity index is 1.39. The van der Waals surface area contributed by atoms with E-state index in [1.807, 2.05) is 0 Å². The molecule has 1 fully saturated rings. The van der Waals surface area contributed by atoms with Gasteiger partial charge in [-0.05, 0) is 61.4 Å². The molecule has 32 heavy (non-hydrogen) atoms. The van der Waals surface area contributed by atoms with Crippen molar-refractivity contribution >= 4 is 21.6 Å². The smallest absolute Gasteiger partial charge is 0.321 e.